The van der Waals surface area contributed by atoms with E-state index >= 15 is 0 Å². The van der Waals surface area contributed by atoms with Crippen LogP contribution in [0.1, 0.15) is 47.1 Å². The molecule has 4 aromatic rings. The van der Waals surface area contributed by atoms with E-state index in [4.69, 9.17) is 4.42 Å². The van der Waals surface area contributed by atoms with Crippen LogP contribution in [0.5, 0.6) is 0 Å². The lowest BCUT2D eigenvalue weighted by molar-refractivity contribution is 0.462. The van der Waals surface area contributed by atoms with Crippen molar-refractivity contribution in [3.8, 4) is 0 Å². The van der Waals surface area contributed by atoms with Gasteiger partial charge < -0.3 is 4.42 Å². The Balaban J connectivity index is 1.62. The van der Waals surface area contributed by atoms with Crippen molar-refractivity contribution >= 4 is 10.8 Å². The predicted molar refractivity (Wildman–Crippen MR) is 122 cm³/mol. The summed E-state index contributed by atoms with van der Waals surface area (Å²) in [5.41, 5.74) is 4.44. The molecule has 1 aliphatic rings. The zero-order chi connectivity index (χ0) is 20.5. The predicted octanol–water partition coefficient (Wildman–Crippen LogP) is 6.60. The Morgan fingerprint density at radius 3 is 1.93 bits per heavy atom. The van der Waals surface area contributed by atoms with Crippen LogP contribution >= 0.6 is 0 Å². The van der Waals surface area contributed by atoms with Gasteiger partial charge >= 0.3 is 5.63 Å². The lowest BCUT2D eigenvalue weighted by Crippen LogP contribution is -2.11. The summed E-state index contributed by atoms with van der Waals surface area (Å²) in [6, 6.07) is 28.8. The van der Waals surface area contributed by atoms with Gasteiger partial charge in [0.15, 0.2) is 0 Å². The first kappa shape index (κ1) is 18.6. The molecule has 0 atom stereocenters. The van der Waals surface area contributed by atoms with Gasteiger partial charge in [-0.05, 0) is 41.8 Å². The summed E-state index contributed by atoms with van der Waals surface area (Å²) in [5, 5.41) is 1.65. The van der Waals surface area contributed by atoms with Crippen molar-refractivity contribution in [1.29, 1.82) is 0 Å². The van der Waals surface area contributed by atoms with Gasteiger partial charge in [-0.15, -0.1) is 0 Å². The van der Waals surface area contributed by atoms with Crippen LogP contribution < -0.4 is 5.63 Å². The van der Waals surface area contributed by atoms with E-state index in [1.165, 1.54) is 11.1 Å². The van der Waals surface area contributed by atoms with Crippen molar-refractivity contribution in [2.75, 3.05) is 0 Å². The molecule has 2 heteroatoms. The molecule has 1 fully saturated rings. The fraction of sp³-hybridized carbons (Fsp3) is 0.179. The highest BCUT2D eigenvalue weighted by Gasteiger charge is 2.31. The van der Waals surface area contributed by atoms with Crippen LogP contribution in [0, 0.1) is 0 Å². The summed E-state index contributed by atoms with van der Waals surface area (Å²) in [5.74, 6) is 1.31. The third-order valence-electron chi connectivity index (χ3n) is 6.00. The minimum atomic E-state index is -0.232. The number of benzene rings is 3. The van der Waals surface area contributed by atoms with Crippen molar-refractivity contribution in [2.45, 2.75) is 31.1 Å². The standard InChI is InChI=1S/C28H24O2/c1-19(26(20-10-4-2-5-11-20)21-12-6-3-7-13-21)18-25-23-14-8-9-15-24(23)28(29)30-27(25)22-16-17-22/h2-15,22,26H,1,16-18H2. The van der Waals surface area contributed by atoms with Crippen molar-refractivity contribution in [1.82, 2.24) is 0 Å². The maximum absolute atomic E-state index is 12.6. The number of rotatable bonds is 6. The molecule has 30 heavy (non-hydrogen) atoms. The third-order valence-corrected chi connectivity index (χ3v) is 6.00. The van der Waals surface area contributed by atoms with Gasteiger partial charge in [0.1, 0.15) is 5.76 Å². The second-order valence-corrected chi connectivity index (χ2v) is 8.14. The van der Waals surface area contributed by atoms with Crippen LogP contribution in [-0.2, 0) is 6.42 Å². The molecule has 2 nitrogen and oxygen atoms in total. The topological polar surface area (TPSA) is 30.2 Å². The Morgan fingerprint density at radius 1 is 0.833 bits per heavy atom. The van der Waals surface area contributed by atoms with E-state index in [1.54, 1.807) is 0 Å². The van der Waals surface area contributed by atoms with E-state index in [-0.39, 0.29) is 11.5 Å². The van der Waals surface area contributed by atoms with Crippen molar-refractivity contribution in [3.63, 3.8) is 0 Å². The van der Waals surface area contributed by atoms with E-state index in [2.05, 4.69) is 55.1 Å². The highest BCUT2D eigenvalue weighted by atomic mass is 16.4. The molecule has 1 saturated carbocycles. The summed E-state index contributed by atoms with van der Waals surface area (Å²) in [4.78, 5) is 12.6. The minimum Gasteiger partial charge on any atom is -0.427 e. The lowest BCUT2D eigenvalue weighted by atomic mass is 9.82. The Kier molecular flexibility index (Phi) is 4.84. The molecular weight excluding hydrogens is 368 g/mol. The average molecular weight is 392 g/mol. The van der Waals surface area contributed by atoms with E-state index in [9.17, 15) is 4.79 Å². The summed E-state index contributed by atoms with van der Waals surface area (Å²) in [7, 11) is 0. The average Bonchev–Trinajstić information content (AvgIpc) is 3.63. The molecule has 3 aromatic carbocycles. The van der Waals surface area contributed by atoms with E-state index < -0.39 is 0 Å². The molecule has 1 aromatic heterocycles. The molecule has 0 amide bonds. The first-order valence-electron chi connectivity index (χ1n) is 10.5. The summed E-state index contributed by atoms with van der Waals surface area (Å²) in [6.45, 7) is 4.53. The Bertz CT molecular complexity index is 1210. The Hall–Kier alpha value is -3.39. The van der Waals surface area contributed by atoms with Gasteiger partial charge in [-0.25, -0.2) is 4.79 Å². The number of allylic oxidation sites excluding steroid dienone is 1. The zero-order valence-corrected chi connectivity index (χ0v) is 16.9. The number of hydrogen-bond donors (Lipinski definition) is 0. The summed E-state index contributed by atoms with van der Waals surface area (Å²) in [6.07, 6.45) is 2.85. The van der Waals surface area contributed by atoms with Crippen molar-refractivity contribution in [2.24, 2.45) is 0 Å². The fourth-order valence-electron chi connectivity index (χ4n) is 4.41. The molecule has 1 aliphatic carbocycles. The third kappa shape index (κ3) is 3.50. The quantitative estimate of drug-likeness (QED) is 0.346. The van der Waals surface area contributed by atoms with Crippen molar-refractivity contribution in [3.05, 3.63) is 130 Å². The maximum atomic E-state index is 12.6. The molecular formula is C28H24O2. The molecule has 148 valence electrons. The molecule has 0 bridgehead atoms. The first-order chi connectivity index (χ1) is 14.7. The van der Waals surface area contributed by atoms with E-state index in [0.29, 0.717) is 17.7 Å². The van der Waals surface area contributed by atoms with Gasteiger partial charge in [0.05, 0.1) is 5.39 Å². The van der Waals surface area contributed by atoms with Crippen LogP contribution in [-0.4, -0.2) is 0 Å². The van der Waals surface area contributed by atoms with Crippen LogP contribution in [0.25, 0.3) is 10.8 Å². The Labute approximate surface area is 176 Å². The van der Waals surface area contributed by atoms with Crippen LogP contribution in [0.3, 0.4) is 0 Å². The van der Waals surface area contributed by atoms with Gasteiger partial charge in [0, 0.05) is 17.4 Å². The zero-order valence-electron chi connectivity index (χ0n) is 16.9. The monoisotopic (exact) mass is 392 g/mol. The van der Waals surface area contributed by atoms with Crippen LogP contribution in [0.4, 0.5) is 0 Å². The van der Waals surface area contributed by atoms with E-state index in [1.807, 2.05) is 36.4 Å². The molecule has 5 rings (SSSR count). The van der Waals surface area contributed by atoms with Gasteiger partial charge in [-0.1, -0.05) is 91.0 Å². The summed E-state index contributed by atoms with van der Waals surface area (Å²) >= 11 is 0. The largest absolute Gasteiger partial charge is 0.427 e. The Morgan fingerprint density at radius 2 is 1.37 bits per heavy atom. The SMILES string of the molecule is C=C(Cc1c(C2CC2)oc(=O)c2ccccc12)C(c1ccccc1)c1ccccc1. The van der Waals surface area contributed by atoms with Gasteiger partial charge in [-0.3, -0.25) is 0 Å². The smallest absolute Gasteiger partial charge is 0.343 e. The first-order valence-corrected chi connectivity index (χ1v) is 10.5. The van der Waals surface area contributed by atoms with Crippen LogP contribution in [0.15, 0.2) is 106 Å². The van der Waals surface area contributed by atoms with Crippen molar-refractivity contribution < 1.29 is 4.42 Å². The van der Waals surface area contributed by atoms with Gasteiger partial charge in [0.2, 0.25) is 0 Å². The molecule has 0 spiro atoms. The van der Waals surface area contributed by atoms with E-state index in [0.717, 1.165) is 35.1 Å². The molecule has 1 heterocycles. The highest BCUT2D eigenvalue weighted by molar-refractivity contribution is 5.85. The maximum Gasteiger partial charge on any atom is 0.343 e. The van der Waals surface area contributed by atoms with Gasteiger partial charge in [-0.2, -0.15) is 0 Å². The highest BCUT2D eigenvalue weighted by Crippen LogP contribution is 2.44. The molecule has 0 unspecified atom stereocenters. The number of fused-ring (bicyclic) bond motifs is 1. The summed E-state index contributed by atoms with van der Waals surface area (Å²) < 4.78 is 5.84. The minimum absolute atomic E-state index is 0.0881. The molecule has 0 aliphatic heterocycles. The fourth-order valence-corrected chi connectivity index (χ4v) is 4.41. The molecule has 0 N–H and O–H groups in total. The molecule has 0 radical (unpaired) electrons. The normalized spacial score (nSPS) is 13.6. The second kappa shape index (κ2) is 7.79. The molecule has 0 saturated heterocycles. The van der Waals surface area contributed by atoms with Crippen LogP contribution in [0.2, 0.25) is 0 Å². The van der Waals surface area contributed by atoms with Gasteiger partial charge in [0.25, 0.3) is 0 Å². The second-order valence-electron chi connectivity index (χ2n) is 8.14. The lowest BCUT2D eigenvalue weighted by Gasteiger charge is -2.22. The number of hydrogen-bond acceptors (Lipinski definition) is 2.